The molecule has 144 valence electrons. The minimum absolute atomic E-state index is 0.221. The van der Waals surface area contributed by atoms with Crippen molar-refractivity contribution in [2.24, 2.45) is 0 Å². The molecule has 0 saturated heterocycles. The molecule has 1 aliphatic carbocycles. The number of hydrogen-bond donors (Lipinski definition) is 1. The lowest BCUT2D eigenvalue weighted by molar-refractivity contribution is -0.143. The van der Waals surface area contributed by atoms with Crippen LogP contribution in [-0.4, -0.2) is 41.3 Å². The predicted octanol–water partition coefficient (Wildman–Crippen LogP) is 2.74. The number of benzene rings is 1. The van der Waals surface area contributed by atoms with Crippen molar-refractivity contribution < 1.29 is 23.9 Å². The Morgan fingerprint density at radius 3 is 2.48 bits per heavy atom. The zero-order chi connectivity index (χ0) is 20.0. The van der Waals surface area contributed by atoms with Gasteiger partial charge >= 0.3 is 12.1 Å². The van der Waals surface area contributed by atoms with Crippen LogP contribution < -0.4 is 5.32 Å². The largest absolute Gasteiger partial charge is 0.468 e. The molecule has 1 saturated carbocycles. The molecule has 3 rings (SSSR count). The van der Waals surface area contributed by atoms with E-state index in [4.69, 9.17) is 9.47 Å². The maximum absolute atomic E-state index is 12.7. The topological polar surface area (TPSA) is 86.6 Å². The number of carbonyl (C=O) groups is 3. The highest BCUT2D eigenvalue weighted by Gasteiger charge is 2.64. The summed E-state index contributed by atoms with van der Waals surface area (Å²) < 4.78 is 11.9. The summed E-state index contributed by atoms with van der Waals surface area (Å²) in [7, 11) is 1.32. The lowest BCUT2D eigenvalue weighted by Gasteiger charge is -2.19. The van der Waals surface area contributed by atoms with Gasteiger partial charge in [-0.25, -0.2) is 4.79 Å². The number of carbonyl (C=O) groups excluding carboxylic acids is 3. The maximum Gasteiger partial charge on any atom is 0.419 e. The van der Waals surface area contributed by atoms with E-state index in [9.17, 15) is 14.4 Å². The Bertz CT molecular complexity index is 924. The SMILES string of the molecule is COC(=O)[C@@]1(c2cn(C(=O)OC(C)(C)C)c3ccccc23)C[C@@H]1NC(C)=O. The number of fused-ring (bicyclic) bond motifs is 1. The number of hydrogen-bond acceptors (Lipinski definition) is 5. The van der Waals surface area contributed by atoms with E-state index in [0.717, 1.165) is 5.39 Å². The standard InChI is InChI=1S/C20H24N2O5/c1-12(23)21-16-10-20(16,17(24)26-5)14-11-22(18(25)27-19(2,3)4)15-9-7-6-8-13(14)15/h6-9,11,16H,10H2,1-5H3,(H,21,23)/t16-,20+/m0/s1. The highest BCUT2D eigenvalue weighted by Crippen LogP contribution is 2.52. The van der Waals surface area contributed by atoms with E-state index in [1.54, 1.807) is 33.0 Å². The molecule has 7 heteroatoms. The number of rotatable bonds is 3. The Kier molecular flexibility index (Phi) is 4.49. The van der Waals surface area contributed by atoms with Gasteiger partial charge in [0.2, 0.25) is 5.91 Å². The number of esters is 1. The van der Waals surface area contributed by atoms with Crippen molar-refractivity contribution in [2.45, 2.75) is 51.2 Å². The fourth-order valence-corrected chi connectivity index (χ4v) is 3.50. The van der Waals surface area contributed by atoms with E-state index in [-0.39, 0.29) is 11.9 Å². The highest BCUT2D eigenvalue weighted by atomic mass is 16.6. The van der Waals surface area contributed by atoms with Crippen LogP contribution in [0.25, 0.3) is 10.9 Å². The van der Waals surface area contributed by atoms with Crippen molar-refractivity contribution in [3.63, 3.8) is 0 Å². The number of methoxy groups -OCH3 is 1. The van der Waals surface area contributed by atoms with E-state index in [0.29, 0.717) is 17.5 Å². The molecule has 1 aromatic heterocycles. The minimum Gasteiger partial charge on any atom is -0.468 e. The van der Waals surface area contributed by atoms with Crippen LogP contribution in [0.4, 0.5) is 4.79 Å². The Balaban J connectivity index is 2.13. The second-order valence-corrected chi connectivity index (χ2v) is 7.83. The minimum atomic E-state index is -1.01. The molecule has 0 radical (unpaired) electrons. The zero-order valence-corrected chi connectivity index (χ0v) is 16.2. The second kappa shape index (κ2) is 6.40. The monoisotopic (exact) mass is 372 g/mol. The molecule has 0 spiro atoms. The third-order valence-electron chi connectivity index (χ3n) is 4.67. The average molecular weight is 372 g/mol. The highest BCUT2D eigenvalue weighted by molar-refractivity contribution is 6.00. The summed E-state index contributed by atoms with van der Waals surface area (Å²) in [6.07, 6.45) is 1.51. The van der Waals surface area contributed by atoms with E-state index in [2.05, 4.69) is 5.32 Å². The average Bonchev–Trinajstić information content (AvgIpc) is 3.13. The first-order chi connectivity index (χ1) is 12.6. The molecule has 1 aromatic carbocycles. The molecule has 27 heavy (non-hydrogen) atoms. The van der Waals surface area contributed by atoms with E-state index in [1.165, 1.54) is 18.6 Å². The van der Waals surface area contributed by atoms with E-state index < -0.39 is 23.1 Å². The van der Waals surface area contributed by atoms with Gasteiger partial charge in [0.25, 0.3) is 0 Å². The summed E-state index contributed by atoms with van der Waals surface area (Å²) in [6, 6.07) is 6.92. The molecule has 1 fully saturated rings. The van der Waals surface area contributed by atoms with Gasteiger partial charge in [-0.2, -0.15) is 0 Å². The lowest BCUT2D eigenvalue weighted by Crippen LogP contribution is -2.34. The fraction of sp³-hybridized carbons (Fsp3) is 0.450. The third kappa shape index (κ3) is 3.29. The predicted molar refractivity (Wildman–Crippen MR) is 99.5 cm³/mol. The first-order valence-corrected chi connectivity index (χ1v) is 8.79. The smallest absolute Gasteiger partial charge is 0.419 e. The van der Waals surface area contributed by atoms with Crippen molar-refractivity contribution in [3.05, 3.63) is 36.0 Å². The number of amides is 1. The van der Waals surface area contributed by atoms with Crippen molar-refractivity contribution in [2.75, 3.05) is 7.11 Å². The number of nitrogens with one attached hydrogen (secondary N) is 1. The van der Waals surface area contributed by atoms with Crippen LogP contribution in [0.5, 0.6) is 0 Å². The summed E-state index contributed by atoms with van der Waals surface area (Å²) in [5.41, 5.74) is -0.373. The summed E-state index contributed by atoms with van der Waals surface area (Å²) >= 11 is 0. The van der Waals surface area contributed by atoms with Crippen LogP contribution in [0.2, 0.25) is 0 Å². The van der Waals surface area contributed by atoms with Crippen LogP contribution in [-0.2, 0) is 24.5 Å². The van der Waals surface area contributed by atoms with E-state index in [1.807, 2.05) is 18.2 Å². The van der Waals surface area contributed by atoms with Crippen LogP contribution >= 0.6 is 0 Å². The van der Waals surface area contributed by atoms with Gasteiger partial charge in [-0.05, 0) is 38.8 Å². The molecule has 2 aromatic rings. The zero-order valence-electron chi connectivity index (χ0n) is 16.2. The number of para-hydroxylation sites is 1. The van der Waals surface area contributed by atoms with Crippen molar-refractivity contribution in [1.29, 1.82) is 0 Å². The van der Waals surface area contributed by atoms with Gasteiger partial charge in [0.1, 0.15) is 11.0 Å². The molecule has 0 unspecified atom stereocenters. The van der Waals surface area contributed by atoms with Crippen molar-refractivity contribution in [3.8, 4) is 0 Å². The van der Waals surface area contributed by atoms with Crippen molar-refractivity contribution in [1.82, 2.24) is 9.88 Å². The molecule has 1 aliphatic rings. The van der Waals surface area contributed by atoms with Gasteiger partial charge in [0, 0.05) is 18.5 Å². The van der Waals surface area contributed by atoms with Gasteiger partial charge in [0.15, 0.2) is 0 Å². The number of ether oxygens (including phenoxy) is 2. The Morgan fingerprint density at radius 2 is 1.89 bits per heavy atom. The van der Waals surface area contributed by atoms with Gasteiger partial charge in [-0.1, -0.05) is 18.2 Å². The Morgan fingerprint density at radius 1 is 1.22 bits per heavy atom. The summed E-state index contributed by atoms with van der Waals surface area (Å²) in [4.78, 5) is 36.8. The number of aromatic nitrogens is 1. The van der Waals surface area contributed by atoms with E-state index >= 15 is 0 Å². The second-order valence-electron chi connectivity index (χ2n) is 7.83. The molecular formula is C20H24N2O5. The van der Waals surface area contributed by atoms with Crippen LogP contribution in [0, 0.1) is 0 Å². The summed E-state index contributed by atoms with van der Waals surface area (Å²) in [6.45, 7) is 6.79. The first kappa shape index (κ1) is 18.9. The lowest BCUT2D eigenvalue weighted by atomic mass is 9.94. The summed E-state index contributed by atoms with van der Waals surface area (Å²) in [5.74, 6) is -0.657. The normalized spacial score (nSPS) is 21.6. The Labute approximate surface area is 157 Å². The van der Waals surface area contributed by atoms with Crippen LogP contribution in [0.15, 0.2) is 30.5 Å². The number of nitrogens with zero attached hydrogens (tertiary/aromatic N) is 1. The van der Waals surface area contributed by atoms with Gasteiger partial charge in [-0.15, -0.1) is 0 Å². The Hall–Kier alpha value is -2.83. The molecule has 0 aliphatic heterocycles. The molecule has 0 bridgehead atoms. The van der Waals surface area contributed by atoms with Gasteiger partial charge in [-0.3, -0.25) is 14.2 Å². The third-order valence-corrected chi connectivity index (χ3v) is 4.67. The molecular weight excluding hydrogens is 348 g/mol. The first-order valence-electron chi connectivity index (χ1n) is 8.79. The summed E-state index contributed by atoms with van der Waals surface area (Å²) in [5, 5.41) is 3.55. The van der Waals surface area contributed by atoms with Gasteiger partial charge in [0.05, 0.1) is 18.7 Å². The van der Waals surface area contributed by atoms with Gasteiger partial charge < -0.3 is 14.8 Å². The van der Waals surface area contributed by atoms with Crippen LogP contribution in [0.3, 0.4) is 0 Å². The molecule has 1 heterocycles. The van der Waals surface area contributed by atoms with Crippen molar-refractivity contribution >= 4 is 28.9 Å². The molecule has 1 N–H and O–H groups in total. The fourth-order valence-electron chi connectivity index (χ4n) is 3.50. The quantitative estimate of drug-likeness (QED) is 0.837. The molecule has 1 amide bonds. The molecule has 2 atom stereocenters. The molecule has 7 nitrogen and oxygen atoms in total. The maximum atomic E-state index is 12.7. The van der Waals surface area contributed by atoms with Crippen LogP contribution in [0.1, 0.15) is 39.7 Å².